The molecule has 0 N–H and O–H groups in total. The first-order valence-corrected chi connectivity index (χ1v) is 14.1. The van der Waals surface area contributed by atoms with E-state index in [0.717, 1.165) is 33.3 Å². The molecule has 6 aromatic rings. The highest BCUT2D eigenvalue weighted by atomic mass is 14.7. The lowest BCUT2D eigenvalue weighted by Gasteiger charge is -2.24. The zero-order valence-corrected chi connectivity index (χ0v) is 24.3. The molecule has 0 atom stereocenters. The van der Waals surface area contributed by atoms with E-state index in [2.05, 4.69) is 139 Å². The maximum absolute atomic E-state index is 4.97. The first-order chi connectivity index (χ1) is 19.1. The predicted octanol–water partition coefficient (Wildman–Crippen LogP) is 10.4. The van der Waals surface area contributed by atoms with Crippen molar-refractivity contribution >= 4 is 21.5 Å². The number of benzene rings is 4. The summed E-state index contributed by atoms with van der Waals surface area (Å²) in [6.07, 6.45) is 3.99. The van der Waals surface area contributed by atoms with E-state index in [0.29, 0.717) is 0 Å². The van der Waals surface area contributed by atoms with Gasteiger partial charge in [-0.3, -0.25) is 9.97 Å². The highest BCUT2D eigenvalue weighted by Crippen LogP contribution is 2.42. The van der Waals surface area contributed by atoms with Crippen LogP contribution in [-0.4, -0.2) is 9.97 Å². The lowest BCUT2D eigenvalue weighted by Crippen LogP contribution is -2.12. The number of aromatic nitrogens is 2. The minimum Gasteiger partial charge on any atom is -0.256 e. The van der Waals surface area contributed by atoms with Crippen LogP contribution in [0.15, 0.2) is 109 Å². The second-order valence-electron chi connectivity index (χ2n) is 12.9. The largest absolute Gasteiger partial charge is 0.256 e. The van der Waals surface area contributed by atoms with Gasteiger partial charge in [0.05, 0.1) is 11.4 Å². The SMILES string of the molecule is CC(C)(C)c1ccc(-c2ccc(C(C)(C)C)cc2-c2cc3ccccc3cn2)c(-c2cc3ccccc3cn2)c1. The van der Waals surface area contributed by atoms with Crippen molar-refractivity contribution in [2.24, 2.45) is 0 Å². The highest BCUT2D eigenvalue weighted by molar-refractivity contribution is 5.95. The van der Waals surface area contributed by atoms with Gasteiger partial charge in [-0.15, -0.1) is 0 Å². The first-order valence-electron chi connectivity index (χ1n) is 14.1. The third-order valence-electron chi connectivity index (χ3n) is 7.88. The summed E-state index contributed by atoms with van der Waals surface area (Å²) in [4.78, 5) is 9.94. The zero-order valence-electron chi connectivity index (χ0n) is 24.3. The molecule has 0 aliphatic rings. The van der Waals surface area contributed by atoms with Gasteiger partial charge >= 0.3 is 0 Å². The lowest BCUT2D eigenvalue weighted by molar-refractivity contribution is 0.590. The molecular weight excluding hydrogens is 484 g/mol. The topological polar surface area (TPSA) is 25.8 Å². The van der Waals surface area contributed by atoms with Crippen molar-refractivity contribution in [3.63, 3.8) is 0 Å². The number of fused-ring (bicyclic) bond motifs is 2. The number of hydrogen-bond donors (Lipinski definition) is 0. The maximum atomic E-state index is 4.97. The first kappa shape index (κ1) is 26.0. The van der Waals surface area contributed by atoms with E-state index in [4.69, 9.17) is 9.97 Å². The second kappa shape index (κ2) is 9.71. The fourth-order valence-electron chi connectivity index (χ4n) is 5.38. The van der Waals surface area contributed by atoms with Gasteiger partial charge in [-0.25, -0.2) is 0 Å². The molecule has 0 amide bonds. The molecule has 0 bridgehead atoms. The molecule has 4 aromatic carbocycles. The Hall–Kier alpha value is -4.30. The summed E-state index contributed by atoms with van der Waals surface area (Å²) in [5, 5.41) is 4.68. The van der Waals surface area contributed by atoms with Gasteiger partial charge in [-0.05, 0) is 68.1 Å². The van der Waals surface area contributed by atoms with Gasteiger partial charge in [0.25, 0.3) is 0 Å². The van der Waals surface area contributed by atoms with Crippen molar-refractivity contribution in [3.8, 4) is 33.6 Å². The van der Waals surface area contributed by atoms with Crippen molar-refractivity contribution in [3.05, 3.63) is 121 Å². The molecule has 0 fully saturated rings. The molecule has 0 saturated carbocycles. The Morgan fingerprint density at radius 2 is 0.775 bits per heavy atom. The summed E-state index contributed by atoms with van der Waals surface area (Å²) >= 11 is 0. The minimum absolute atomic E-state index is 0.0168. The van der Waals surface area contributed by atoms with Crippen LogP contribution >= 0.6 is 0 Å². The fourth-order valence-corrected chi connectivity index (χ4v) is 5.38. The van der Waals surface area contributed by atoms with Crippen LogP contribution in [0.2, 0.25) is 0 Å². The van der Waals surface area contributed by atoms with Crippen molar-refractivity contribution < 1.29 is 0 Å². The summed E-state index contributed by atoms with van der Waals surface area (Å²) in [5.41, 5.74) is 9.20. The van der Waals surface area contributed by atoms with Crippen LogP contribution in [0.25, 0.3) is 55.2 Å². The zero-order chi connectivity index (χ0) is 28.1. The van der Waals surface area contributed by atoms with Crippen molar-refractivity contribution in [1.29, 1.82) is 0 Å². The molecule has 0 aliphatic heterocycles. The van der Waals surface area contributed by atoms with E-state index in [1.165, 1.54) is 33.0 Å². The molecule has 6 rings (SSSR count). The molecule has 0 aliphatic carbocycles. The van der Waals surface area contributed by atoms with Gasteiger partial charge in [0.1, 0.15) is 0 Å². The summed E-state index contributed by atoms with van der Waals surface area (Å²) < 4.78 is 0. The Kier molecular flexibility index (Phi) is 6.30. The third-order valence-corrected chi connectivity index (χ3v) is 7.88. The van der Waals surface area contributed by atoms with Gasteiger partial charge in [-0.2, -0.15) is 0 Å². The summed E-state index contributed by atoms with van der Waals surface area (Å²) in [6, 6.07) is 35.1. The van der Waals surface area contributed by atoms with Crippen molar-refractivity contribution in [1.82, 2.24) is 9.97 Å². The Morgan fingerprint density at radius 3 is 1.15 bits per heavy atom. The van der Waals surface area contributed by atoms with Crippen LogP contribution in [0.4, 0.5) is 0 Å². The normalized spacial score (nSPS) is 12.2. The Morgan fingerprint density at radius 1 is 0.400 bits per heavy atom. The van der Waals surface area contributed by atoms with Gasteiger partial charge in [-0.1, -0.05) is 114 Å². The Labute approximate surface area is 237 Å². The maximum Gasteiger partial charge on any atom is 0.0714 e. The van der Waals surface area contributed by atoms with Gasteiger partial charge in [0.15, 0.2) is 0 Å². The van der Waals surface area contributed by atoms with Crippen LogP contribution in [0.5, 0.6) is 0 Å². The van der Waals surface area contributed by atoms with Crippen LogP contribution < -0.4 is 0 Å². The standard InChI is InChI=1S/C38H36N2/c1-37(2,3)29-15-17-31(33(21-29)35-19-25-11-7-9-13-27(25)23-39-35)32-18-16-30(38(4,5)6)22-34(32)36-20-26-12-8-10-14-28(26)24-40-36/h7-24H,1-6H3. The Balaban J connectivity index is 1.63. The van der Waals surface area contributed by atoms with Crippen molar-refractivity contribution in [2.75, 3.05) is 0 Å². The number of nitrogens with zero attached hydrogens (tertiary/aromatic N) is 2. The lowest BCUT2D eigenvalue weighted by atomic mass is 9.81. The molecular formula is C38H36N2. The van der Waals surface area contributed by atoms with E-state index in [1.807, 2.05) is 12.4 Å². The predicted molar refractivity (Wildman–Crippen MR) is 171 cm³/mol. The van der Waals surface area contributed by atoms with Crippen LogP contribution in [0.1, 0.15) is 52.7 Å². The molecule has 198 valence electrons. The minimum atomic E-state index is 0.0168. The van der Waals surface area contributed by atoms with E-state index in [-0.39, 0.29) is 10.8 Å². The van der Waals surface area contributed by atoms with E-state index in [1.54, 1.807) is 0 Å². The van der Waals surface area contributed by atoms with Crippen LogP contribution in [0, 0.1) is 0 Å². The van der Waals surface area contributed by atoms with Crippen LogP contribution in [-0.2, 0) is 10.8 Å². The second-order valence-corrected chi connectivity index (χ2v) is 12.9. The number of rotatable bonds is 3. The summed E-state index contributed by atoms with van der Waals surface area (Å²) in [7, 11) is 0. The number of pyridine rings is 2. The van der Waals surface area contributed by atoms with E-state index < -0.39 is 0 Å². The molecule has 0 unspecified atom stereocenters. The molecule has 2 aromatic heterocycles. The molecule has 2 heterocycles. The van der Waals surface area contributed by atoms with Gasteiger partial charge in [0, 0.05) is 34.3 Å². The van der Waals surface area contributed by atoms with Crippen LogP contribution in [0.3, 0.4) is 0 Å². The summed E-state index contributed by atoms with van der Waals surface area (Å²) in [5.74, 6) is 0. The molecule has 0 radical (unpaired) electrons. The van der Waals surface area contributed by atoms with Gasteiger partial charge < -0.3 is 0 Å². The van der Waals surface area contributed by atoms with E-state index >= 15 is 0 Å². The molecule has 0 spiro atoms. The monoisotopic (exact) mass is 520 g/mol. The average molecular weight is 521 g/mol. The smallest absolute Gasteiger partial charge is 0.0714 e. The third kappa shape index (κ3) is 4.91. The highest BCUT2D eigenvalue weighted by Gasteiger charge is 2.22. The quantitative estimate of drug-likeness (QED) is 0.232. The summed E-state index contributed by atoms with van der Waals surface area (Å²) in [6.45, 7) is 13.6. The number of hydrogen-bond acceptors (Lipinski definition) is 2. The Bertz CT molecular complexity index is 1730. The van der Waals surface area contributed by atoms with E-state index in [9.17, 15) is 0 Å². The molecule has 2 heteroatoms. The molecule has 40 heavy (non-hydrogen) atoms. The van der Waals surface area contributed by atoms with Crippen molar-refractivity contribution in [2.45, 2.75) is 52.4 Å². The van der Waals surface area contributed by atoms with Gasteiger partial charge in [0.2, 0.25) is 0 Å². The molecule has 2 nitrogen and oxygen atoms in total. The molecule has 0 saturated heterocycles. The fraction of sp³-hybridized carbons (Fsp3) is 0.211. The average Bonchev–Trinajstić information content (AvgIpc) is 2.95.